The summed E-state index contributed by atoms with van der Waals surface area (Å²) < 4.78 is 0. The molecular formula is C24H28N2O2. The lowest BCUT2D eigenvalue weighted by molar-refractivity contribution is -0.204. The molecule has 0 spiro atoms. The van der Waals surface area contributed by atoms with Crippen LogP contribution in [0.1, 0.15) is 38.8 Å². The molecule has 1 aliphatic carbocycles. The van der Waals surface area contributed by atoms with Gasteiger partial charge in [-0.15, -0.1) is 0 Å². The molecule has 2 aromatic carbocycles. The van der Waals surface area contributed by atoms with Gasteiger partial charge in [-0.25, -0.2) is 4.79 Å². The molecule has 2 unspecified atom stereocenters. The van der Waals surface area contributed by atoms with Gasteiger partial charge >= 0.3 is 6.03 Å². The second kappa shape index (κ2) is 6.47. The van der Waals surface area contributed by atoms with Gasteiger partial charge < -0.3 is 4.90 Å². The van der Waals surface area contributed by atoms with Crippen molar-refractivity contribution in [3.63, 3.8) is 0 Å². The third-order valence-corrected chi connectivity index (χ3v) is 7.22. The molecule has 0 N–H and O–H groups in total. The first kappa shape index (κ1) is 18.7. The van der Waals surface area contributed by atoms with Crippen LogP contribution in [0.3, 0.4) is 0 Å². The standard InChI is InChI=1S/C24H28N2O2/c1-23(2)19-20(24(23,3)4)25(15-17-11-7-5-8-12-17)22(28)26(21(19)27)16-18-13-9-6-10-14-18/h5-14,19-20H,15-16H2,1-4H3. The first-order valence-electron chi connectivity index (χ1n) is 9.95. The molecule has 28 heavy (non-hydrogen) atoms. The van der Waals surface area contributed by atoms with Gasteiger partial charge in [0.05, 0.1) is 18.5 Å². The Balaban J connectivity index is 1.71. The van der Waals surface area contributed by atoms with Gasteiger partial charge in [0.1, 0.15) is 0 Å². The Morgan fingerprint density at radius 3 is 1.79 bits per heavy atom. The number of nitrogens with zero attached hydrogens (tertiary/aromatic N) is 2. The molecule has 1 heterocycles. The molecule has 2 atom stereocenters. The van der Waals surface area contributed by atoms with Crippen LogP contribution >= 0.6 is 0 Å². The van der Waals surface area contributed by atoms with E-state index in [0.29, 0.717) is 13.1 Å². The van der Waals surface area contributed by atoms with E-state index >= 15 is 0 Å². The average molecular weight is 377 g/mol. The molecule has 0 aromatic heterocycles. The zero-order valence-electron chi connectivity index (χ0n) is 17.1. The van der Waals surface area contributed by atoms with Gasteiger partial charge in [0.2, 0.25) is 5.91 Å². The Hall–Kier alpha value is -2.62. The van der Waals surface area contributed by atoms with E-state index in [4.69, 9.17) is 0 Å². The lowest BCUT2D eigenvalue weighted by Crippen LogP contribution is -2.78. The molecule has 2 fully saturated rings. The van der Waals surface area contributed by atoms with Crippen LogP contribution in [-0.2, 0) is 17.9 Å². The van der Waals surface area contributed by atoms with E-state index in [1.165, 1.54) is 4.90 Å². The maximum Gasteiger partial charge on any atom is 0.327 e. The summed E-state index contributed by atoms with van der Waals surface area (Å²) in [5, 5.41) is 0. The fraction of sp³-hybridized carbons (Fsp3) is 0.417. The molecule has 3 amide bonds. The van der Waals surface area contributed by atoms with Crippen molar-refractivity contribution in [3.05, 3.63) is 71.8 Å². The van der Waals surface area contributed by atoms with E-state index in [2.05, 4.69) is 27.7 Å². The Morgan fingerprint density at radius 2 is 1.25 bits per heavy atom. The van der Waals surface area contributed by atoms with Crippen LogP contribution in [0.5, 0.6) is 0 Å². The number of benzene rings is 2. The zero-order chi connectivity index (χ0) is 20.1. The van der Waals surface area contributed by atoms with Crippen molar-refractivity contribution in [3.8, 4) is 0 Å². The number of amides is 3. The molecule has 4 nitrogen and oxygen atoms in total. The Labute approximate surface area is 167 Å². The van der Waals surface area contributed by atoms with Crippen LogP contribution in [0.4, 0.5) is 4.79 Å². The minimum atomic E-state index is -0.178. The fourth-order valence-electron chi connectivity index (χ4n) is 4.90. The molecule has 0 bridgehead atoms. The first-order chi connectivity index (χ1) is 13.2. The number of urea groups is 1. The Bertz CT molecular complexity index is 889. The van der Waals surface area contributed by atoms with Gasteiger partial charge in [-0.3, -0.25) is 9.69 Å². The summed E-state index contributed by atoms with van der Waals surface area (Å²) >= 11 is 0. The van der Waals surface area contributed by atoms with Crippen LogP contribution in [0.25, 0.3) is 0 Å². The maximum atomic E-state index is 13.5. The molecule has 146 valence electrons. The van der Waals surface area contributed by atoms with Crippen LogP contribution < -0.4 is 0 Å². The number of carbonyl (C=O) groups is 2. The van der Waals surface area contributed by atoms with Crippen molar-refractivity contribution < 1.29 is 9.59 Å². The third kappa shape index (κ3) is 2.66. The molecule has 2 aliphatic rings. The van der Waals surface area contributed by atoms with Crippen LogP contribution in [0.2, 0.25) is 0 Å². The lowest BCUT2D eigenvalue weighted by atomic mass is 9.42. The van der Waals surface area contributed by atoms with Gasteiger partial charge in [-0.05, 0) is 22.0 Å². The van der Waals surface area contributed by atoms with Gasteiger partial charge in [0.25, 0.3) is 0 Å². The molecule has 1 aliphatic heterocycles. The normalized spacial score (nSPS) is 25.3. The van der Waals surface area contributed by atoms with Crippen molar-refractivity contribution in [1.82, 2.24) is 9.80 Å². The average Bonchev–Trinajstić information content (AvgIpc) is 2.68. The quantitative estimate of drug-likeness (QED) is 0.776. The van der Waals surface area contributed by atoms with Gasteiger partial charge in [0, 0.05) is 6.54 Å². The first-order valence-corrected chi connectivity index (χ1v) is 9.95. The van der Waals surface area contributed by atoms with E-state index in [-0.39, 0.29) is 34.7 Å². The predicted octanol–water partition coefficient (Wildman–Crippen LogP) is 4.70. The lowest BCUT2D eigenvalue weighted by Gasteiger charge is -2.69. The molecule has 2 aromatic rings. The van der Waals surface area contributed by atoms with Crippen molar-refractivity contribution in [2.24, 2.45) is 16.7 Å². The molecule has 1 saturated carbocycles. The minimum Gasteiger partial charge on any atom is -0.316 e. The number of rotatable bonds is 4. The Kier molecular flexibility index (Phi) is 4.33. The van der Waals surface area contributed by atoms with Crippen LogP contribution in [-0.4, -0.2) is 27.8 Å². The smallest absolute Gasteiger partial charge is 0.316 e. The van der Waals surface area contributed by atoms with Crippen molar-refractivity contribution in [2.75, 3.05) is 0 Å². The highest BCUT2D eigenvalue weighted by atomic mass is 16.2. The molecule has 4 rings (SSSR count). The van der Waals surface area contributed by atoms with E-state index in [1.807, 2.05) is 65.6 Å². The maximum absolute atomic E-state index is 13.5. The third-order valence-electron chi connectivity index (χ3n) is 7.22. The van der Waals surface area contributed by atoms with E-state index in [0.717, 1.165) is 11.1 Å². The highest BCUT2D eigenvalue weighted by Crippen LogP contribution is 2.64. The minimum absolute atomic E-state index is 0.0347. The van der Waals surface area contributed by atoms with Crippen LogP contribution in [0, 0.1) is 16.7 Å². The van der Waals surface area contributed by atoms with E-state index < -0.39 is 0 Å². The second-order valence-electron chi connectivity index (χ2n) is 9.17. The topological polar surface area (TPSA) is 40.6 Å². The van der Waals surface area contributed by atoms with E-state index in [9.17, 15) is 9.59 Å². The summed E-state index contributed by atoms with van der Waals surface area (Å²) in [7, 11) is 0. The van der Waals surface area contributed by atoms with Gasteiger partial charge in [0.15, 0.2) is 0 Å². The van der Waals surface area contributed by atoms with Crippen molar-refractivity contribution in [1.29, 1.82) is 0 Å². The summed E-state index contributed by atoms with van der Waals surface area (Å²) in [5.41, 5.74) is 1.76. The monoisotopic (exact) mass is 376 g/mol. The SMILES string of the molecule is CC1(C)C2C(=O)N(Cc3ccccc3)C(=O)N(Cc3ccccc3)C2C1(C)C. The molecule has 1 saturated heterocycles. The fourth-order valence-corrected chi connectivity index (χ4v) is 4.90. The molecular weight excluding hydrogens is 348 g/mol. The summed E-state index contributed by atoms with van der Waals surface area (Å²) in [6, 6.07) is 19.5. The van der Waals surface area contributed by atoms with Gasteiger partial charge in [-0.1, -0.05) is 88.4 Å². The second-order valence-corrected chi connectivity index (χ2v) is 9.17. The number of imide groups is 1. The van der Waals surface area contributed by atoms with Crippen molar-refractivity contribution >= 4 is 11.9 Å². The highest BCUT2D eigenvalue weighted by Gasteiger charge is 2.70. The predicted molar refractivity (Wildman–Crippen MR) is 109 cm³/mol. The van der Waals surface area contributed by atoms with Crippen LogP contribution in [0.15, 0.2) is 60.7 Å². The molecule has 0 radical (unpaired) electrons. The number of carbonyl (C=O) groups excluding carboxylic acids is 2. The largest absolute Gasteiger partial charge is 0.327 e. The number of fused-ring (bicyclic) bond motifs is 1. The van der Waals surface area contributed by atoms with Gasteiger partial charge in [-0.2, -0.15) is 0 Å². The summed E-state index contributed by atoms with van der Waals surface area (Å²) in [6.07, 6.45) is 0. The summed E-state index contributed by atoms with van der Waals surface area (Å²) in [5.74, 6) is -0.208. The van der Waals surface area contributed by atoms with Crippen molar-refractivity contribution in [2.45, 2.75) is 46.8 Å². The molecule has 4 heteroatoms. The number of hydrogen-bond acceptors (Lipinski definition) is 2. The Morgan fingerprint density at radius 1 is 0.750 bits per heavy atom. The summed E-state index contributed by atoms with van der Waals surface area (Å²) in [6.45, 7) is 9.52. The summed E-state index contributed by atoms with van der Waals surface area (Å²) in [4.78, 5) is 30.2. The van der Waals surface area contributed by atoms with E-state index in [1.54, 1.807) is 0 Å². The highest BCUT2D eigenvalue weighted by molar-refractivity contribution is 6.00. The number of hydrogen-bond donors (Lipinski definition) is 0. The zero-order valence-corrected chi connectivity index (χ0v) is 17.1.